The zero-order valence-corrected chi connectivity index (χ0v) is 12.2. The molecule has 0 radical (unpaired) electrons. The van der Waals surface area contributed by atoms with Gasteiger partial charge in [-0.25, -0.2) is 8.42 Å². The number of piperidine rings is 1. The Labute approximate surface area is 115 Å². The average molecular weight is 297 g/mol. The quantitative estimate of drug-likeness (QED) is 0.782. The summed E-state index contributed by atoms with van der Waals surface area (Å²) in [5, 5.41) is 3.21. The van der Waals surface area contributed by atoms with Crippen molar-refractivity contribution in [2.75, 3.05) is 31.6 Å². The second-order valence-electron chi connectivity index (χ2n) is 5.05. The SMILES string of the molecule is CN(C(=O)C1CCCNC1)C1CCS(=O)(=O)C1.Cl. The molecule has 2 fully saturated rings. The van der Waals surface area contributed by atoms with Crippen molar-refractivity contribution in [3.63, 3.8) is 0 Å². The molecule has 0 aromatic carbocycles. The summed E-state index contributed by atoms with van der Waals surface area (Å²) in [6.45, 7) is 1.70. The topological polar surface area (TPSA) is 66.5 Å². The van der Waals surface area contributed by atoms with Crippen LogP contribution in [0.1, 0.15) is 19.3 Å². The van der Waals surface area contributed by atoms with Crippen LogP contribution >= 0.6 is 12.4 Å². The minimum atomic E-state index is -2.91. The van der Waals surface area contributed by atoms with Crippen LogP contribution in [0, 0.1) is 5.92 Å². The number of amides is 1. The molecule has 1 amide bonds. The van der Waals surface area contributed by atoms with Gasteiger partial charge in [-0.15, -0.1) is 12.4 Å². The van der Waals surface area contributed by atoms with Gasteiger partial charge in [0, 0.05) is 19.6 Å². The van der Waals surface area contributed by atoms with Crippen molar-refractivity contribution in [2.45, 2.75) is 25.3 Å². The number of nitrogens with one attached hydrogen (secondary N) is 1. The first-order chi connectivity index (χ1) is 7.99. The molecule has 0 aromatic heterocycles. The first kappa shape index (κ1) is 15.7. The van der Waals surface area contributed by atoms with Crippen molar-refractivity contribution >= 4 is 28.2 Å². The van der Waals surface area contributed by atoms with Crippen molar-refractivity contribution < 1.29 is 13.2 Å². The first-order valence-corrected chi connectivity index (χ1v) is 7.99. The van der Waals surface area contributed by atoms with E-state index in [2.05, 4.69) is 5.32 Å². The van der Waals surface area contributed by atoms with Crippen molar-refractivity contribution in [2.24, 2.45) is 5.92 Å². The standard InChI is InChI=1S/C11H20N2O3S.ClH/c1-13(10-4-6-17(15,16)8-10)11(14)9-3-2-5-12-7-9;/h9-10,12H,2-8H2,1H3;1H. The van der Waals surface area contributed by atoms with Gasteiger partial charge < -0.3 is 10.2 Å². The van der Waals surface area contributed by atoms with E-state index in [4.69, 9.17) is 0 Å². The molecule has 2 rings (SSSR count). The Kier molecular flexibility index (Phi) is 5.43. The van der Waals surface area contributed by atoms with Crippen LogP contribution in [0.5, 0.6) is 0 Å². The number of carbonyl (C=O) groups excluding carboxylic acids is 1. The van der Waals surface area contributed by atoms with Crippen LogP contribution in [0.2, 0.25) is 0 Å². The summed E-state index contributed by atoms with van der Waals surface area (Å²) in [4.78, 5) is 13.8. The van der Waals surface area contributed by atoms with E-state index < -0.39 is 9.84 Å². The molecule has 0 bridgehead atoms. The van der Waals surface area contributed by atoms with Gasteiger partial charge in [0.25, 0.3) is 0 Å². The van der Waals surface area contributed by atoms with Gasteiger partial charge in [-0.1, -0.05) is 0 Å². The first-order valence-electron chi connectivity index (χ1n) is 6.17. The third-order valence-electron chi connectivity index (χ3n) is 3.75. The molecule has 7 heteroatoms. The molecule has 106 valence electrons. The Balaban J connectivity index is 0.00000162. The second kappa shape index (κ2) is 6.21. The molecule has 2 aliphatic rings. The highest BCUT2D eigenvalue weighted by Gasteiger charge is 2.35. The van der Waals surface area contributed by atoms with Crippen molar-refractivity contribution in [1.82, 2.24) is 10.2 Å². The number of hydrogen-bond donors (Lipinski definition) is 1. The number of rotatable bonds is 2. The Bertz CT molecular complexity index is 393. The zero-order chi connectivity index (χ0) is 12.5. The summed E-state index contributed by atoms with van der Waals surface area (Å²) in [5.41, 5.74) is 0. The molecule has 2 heterocycles. The highest BCUT2D eigenvalue weighted by atomic mass is 35.5. The third kappa shape index (κ3) is 3.59. The van der Waals surface area contributed by atoms with Crippen LogP contribution in [-0.4, -0.2) is 56.9 Å². The largest absolute Gasteiger partial charge is 0.341 e. The summed E-state index contributed by atoms with van der Waals surface area (Å²) in [6, 6.07) is -0.116. The summed E-state index contributed by atoms with van der Waals surface area (Å²) in [6.07, 6.45) is 2.52. The van der Waals surface area contributed by atoms with E-state index in [0.717, 1.165) is 25.9 Å². The molecule has 0 aliphatic carbocycles. The van der Waals surface area contributed by atoms with Crippen molar-refractivity contribution in [1.29, 1.82) is 0 Å². The van der Waals surface area contributed by atoms with Gasteiger partial charge in [0.1, 0.15) is 0 Å². The normalized spacial score (nSPS) is 30.5. The van der Waals surface area contributed by atoms with Crippen molar-refractivity contribution in [3.8, 4) is 0 Å². The fourth-order valence-corrected chi connectivity index (χ4v) is 4.39. The summed E-state index contributed by atoms with van der Waals surface area (Å²) >= 11 is 0. The van der Waals surface area contributed by atoms with Gasteiger partial charge in [-0.3, -0.25) is 4.79 Å². The molecule has 1 N–H and O–H groups in total. The molecule has 0 spiro atoms. The maximum absolute atomic E-state index is 12.2. The van der Waals surface area contributed by atoms with Gasteiger partial charge in [-0.2, -0.15) is 0 Å². The maximum Gasteiger partial charge on any atom is 0.226 e. The van der Waals surface area contributed by atoms with Gasteiger partial charge in [0.05, 0.1) is 17.4 Å². The molecule has 2 unspecified atom stereocenters. The molecule has 18 heavy (non-hydrogen) atoms. The predicted molar refractivity (Wildman–Crippen MR) is 72.7 cm³/mol. The lowest BCUT2D eigenvalue weighted by molar-refractivity contribution is -0.136. The molecular weight excluding hydrogens is 276 g/mol. The van der Waals surface area contributed by atoms with Crippen LogP contribution in [0.15, 0.2) is 0 Å². The van der Waals surface area contributed by atoms with Gasteiger partial charge >= 0.3 is 0 Å². The van der Waals surface area contributed by atoms with Gasteiger partial charge in [0.15, 0.2) is 9.84 Å². The Morgan fingerprint density at radius 1 is 1.33 bits per heavy atom. The smallest absolute Gasteiger partial charge is 0.226 e. The monoisotopic (exact) mass is 296 g/mol. The van der Waals surface area contributed by atoms with E-state index in [9.17, 15) is 13.2 Å². The Morgan fingerprint density at radius 3 is 2.56 bits per heavy atom. The lowest BCUT2D eigenvalue weighted by atomic mass is 9.97. The number of sulfone groups is 1. The number of hydrogen-bond acceptors (Lipinski definition) is 4. The van der Waals surface area contributed by atoms with E-state index >= 15 is 0 Å². The number of nitrogens with zero attached hydrogens (tertiary/aromatic N) is 1. The lowest BCUT2D eigenvalue weighted by Gasteiger charge is -2.30. The van der Waals surface area contributed by atoms with Crippen molar-refractivity contribution in [3.05, 3.63) is 0 Å². The molecule has 0 aromatic rings. The van der Waals surface area contributed by atoms with Crippen LogP contribution in [0.4, 0.5) is 0 Å². The molecule has 5 nitrogen and oxygen atoms in total. The highest BCUT2D eigenvalue weighted by Crippen LogP contribution is 2.20. The highest BCUT2D eigenvalue weighted by molar-refractivity contribution is 7.91. The molecule has 2 saturated heterocycles. The zero-order valence-electron chi connectivity index (χ0n) is 10.6. The fraction of sp³-hybridized carbons (Fsp3) is 0.909. The Hall–Kier alpha value is -0.330. The summed E-state index contributed by atoms with van der Waals surface area (Å²) in [7, 11) is -1.18. The maximum atomic E-state index is 12.2. The molecule has 2 atom stereocenters. The number of halogens is 1. The van der Waals surface area contributed by atoms with Crippen LogP contribution in [0.25, 0.3) is 0 Å². The summed E-state index contributed by atoms with van der Waals surface area (Å²) < 4.78 is 22.8. The minimum absolute atomic E-state index is 0. The Morgan fingerprint density at radius 2 is 2.06 bits per heavy atom. The van der Waals surface area contributed by atoms with Gasteiger partial charge in [-0.05, 0) is 25.8 Å². The van der Waals surface area contributed by atoms with E-state index in [0.29, 0.717) is 6.42 Å². The molecule has 2 aliphatic heterocycles. The minimum Gasteiger partial charge on any atom is -0.341 e. The average Bonchev–Trinajstić information content (AvgIpc) is 2.69. The predicted octanol–water partition coefficient (Wildman–Crippen LogP) is 0.0533. The van der Waals surface area contributed by atoms with Crippen LogP contribution in [-0.2, 0) is 14.6 Å². The molecular formula is C11H21ClN2O3S. The van der Waals surface area contributed by atoms with E-state index in [-0.39, 0.29) is 41.8 Å². The van der Waals surface area contributed by atoms with E-state index in [1.54, 1.807) is 11.9 Å². The van der Waals surface area contributed by atoms with E-state index in [1.165, 1.54) is 0 Å². The van der Waals surface area contributed by atoms with Crippen LogP contribution < -0.4 is 5.32 Å². The lowest BCUT2D eigenvalue weighted by Crippen LogP contribution is -2.45. The number of carbonyl (C=O) groups is 1. The van der Waals surface area contributed by atoms with Crippen LogP contribution in [0.3, 0.4) is 0 Å². The van der Waals surface area contributed by atoms with E-state index in [1.807, 2.05) is 0 Å². The fourth-order valence-electron chi connectivity index (χ4n) is 2.61. The molecule has 0 saturated carbocycles. The third-order valence-corrected chi connectivity index (χ3v) is 5.50. The second-order valence-corrected chi connectivity index (χ2v) is 7.28. The van der Waals surface area contributed by atoms with Gasteiger partial charge in [0.2, 0.25) is 5.91 Å². The summed E-state index contributed by atoms with van der Waals surface area (Å²) in [5.74, 6) is 0.476.